The Morgan fingerprint density at radius 2 is 1.74 bits per heavy atom. The second-order valence-electron chi connectivity index (χ2n) is 5.91. The number of hydrogen-bond acceptors (Lipinski definition) is 4. The van der Waals surface area contributed by atoms with Crippen LogP contribution in [0.3, 0.4) is 0 Å². The van der Waals surface area contributed by atoms with Crippen molar-refractivity contribution in [1.82, 2.24) is 25.5 Å². The van der Waals surface area contributed by atoms with Gasteiger partial charge in [0.1, 0.15) is 12.4 Å². The summed E-state index contributed by atoms with van der Waals surface area (Å²) in [5.74, 6) is -0.328. The lowest BCUT2D eigenvalue weighted by molar-refractivity contribution is -0.137. The molecule has 140 valence electrons. The minimum Gasteiger partial charge on any atom is -0.350 e. The second kappa shape index (κ2) is 7.98. The Balaban J connectivity index is 1.68. The zero-order chi connectivity index (χ0) is 19.3. The Morgan fingerprint density at radius 1 is 1.04 bits per heavy atom. The van der Waals surface area contributed by atoms with Gasteiger partial charge in [-0.25, -0.2) is 4.68 Å². The fourth-order valence-corrected chi connectivity index (χ4v) is 2.57. The summed E-state index contributed by atoms with van der Waals surface area (Å²) in [6.45, 7) is 0.102. The highest BCUT2D eigenvalue weighted by atomic mass is 19.4. The number of alkyl halides is 3. The molecule has 3 rings (SSSR count). The van der Waals surface area contributed by atoms with Crippen LogP contribution < -0.4 is 5.32 Å². The molecule has 2 aromatic carbocycles. The van der Waals surface area contributed by atoms with Gasteiger partial charge >= 0.3 is 6.18 Å². The summed E-state index contributed by atoms with van der Waals surface area (Å²) in [5.41, 5.74) is 0.766. The highest BCUT2D eigenvalue weighted by molar-refractivity contribution is 5.80. The molecule has 6 nitrogen and oxygen atoms in total. The van der Waals surface area contributed by atoms with Crippen molar-refractivity contribution in [3.8, 4) is 0 Å². The third-order valence-electron chi connectivity index (χ3n) is 4.01. The van der Waals surface area contributed by atoms with Crippen molar-refractivity contribution >= 4 is 5.91 Å². The van der Waals surface area contributed by atoms with Crippen LogP contribution in [0, 0.1) is 0 Å². The summed E-state index contributed by atoms with van der Waals surface area (Å²) in [5, 5.41) is 13.7. The molecule has 1 aromatic heterocycles. The number of nitrogens with zero attached hydrogens (tertiary/aromatic N) is 4. The monoisotopic (exact) mass is 375 g/mol. The SMILES string of the molecule is O=C(NCc1ccc(C(F)(F)F)cc1)C(Cc1ccccc1)n1cnnn1. The minimum absolute atomic E-state index is 0.102. The first-order chi connectivity index (χ1) is 12.9. The Morgan fingerprint density at radius 3 is 2.33 bits per heavy atom. The lowest BCUT2D eigenvalue weighted by Gasteiger charge is -2.16. The Bertz CT molecular complexity index is 864. The van der Waals surface area contributed by atoms with Crippen LogP contribution in [0.1, 0.15) is 22.7 Å². The molecule has 3 aromatic rings. The number of benzene rings is 2. The number of rotatable bonds is 6. The molecule has 0 spiro atoms. The van der Waals surface area contributed by atoms with E-state index in [1.54, 1.807) is 0 Å². The number of amides is 1. The topological polar surface area (TPSA) is 72.7 Å². The predicted molar refractivity (Wildman–Crippen MR) is 90.3 cm³/mol. The number of carbonyl (C=O) groups is 1. The molecule has 1 unspecified atom stereocenters. The van der Waals surface area contributed by atoms with Gasteiger partial charge in [-0.1, -0.05) is 42.5 Å². The van der Waals surface area contributed by atoms with Gasteiger partial charge in [0.25, 0.3) is 0 Å². The molecule has 0 aliphatic heterocycles. The molecular weight excluding hydrogens is 359 g/mol. The lowest BCUT2D eigenvalue weighted by Crippen LogP contribution is -2.34. The van der Waals surface area contributed by atoms with Crippen LogP contribution in [0.2, 0.25) is 0 Å². The van der Waals surface area contributed by atoms with Gasteiger partial charge in [0.2, 0.25) is 5.91 Å². The maximum Gasteiger partial charge on any atom is 0.416 e. The smallest absolute Gasteiger partial charge is 0.350 e. The third-order valence-corrected chi connectivity index (χ3v) is 4.01. The standard InChI is InChI=1S/C18H16F3N5O/c19-18(20,21)15-8-6-14(7-9-15)11-22-17(27)16(26-12-23-24-25-26)10-13-4-2-1-3-5-13/h1-9,12,16H,10-11H2,(H,22,27). The zero-order valence-electron chi connectivity index (χ0n) is 14.1. The number of hydrogen-bond donors (Lipinski definition) is 1. The first-order valence-electron chi connectivity index (χ1n) is 8.14. The fourth-order valence-electron chi connectivity index (χ4n) is 2.57. The third kappa shape index (κ3) is 4.90. The first-order valence-corrected chi connectivity index (χ1v) is 8.14. The summed E-state index contributed by atoms with van der Waals surface area (Å²) in [7, 11) is 0. The number of aromatic nitrogens is 4. The van der Waals surface area contributed by atoms with Crippen molar-refractivity contribution in [2.75, 3.05) is 0 Å². The highest BCUT2D eigenvalue weighted by Gasteiger charge is 2.30. The quantitative estimate of drug-likeness (QED) is 0.719. The molecule has 9 heteroatoms. The summed E-state index contributed by atoms with van der Waals surface area (Å²) in [4.78, 5) is 12.6. The van der Waals surface area contributed by atoms with Gasteiger partial charge in [-0.05, 0) is 33.7 Å². The molecule has 0 radical (unpaired) electrons. The van der Waals surface area contributed by atoms with Crippen molar-refractivity contribution < 1.29 is 18.0 Å². The van der Waals surface area contributed by atoms with Crippen molar-refractivity contribution in [1.29, 1.82) is 0 Å². The van der Waals surface area contributed by atoms with Gasteiger partial charge in [-0.2, -0.15) is 13.2 Å². The number of tetrazole rings is 1. The van der Waals surface area contributed by atoms with Gasteiger partial charge in [0.05, 0.1) is 5.56 Å². The van der Waals surface area contributed by atoms with Crippen LogP contribution in [0.25, 0.3) is 0 Å². The van der Waals surface area contributed by atoms with Crippen molar-refractivity contribution in [2.45, 2.75) is 25.2 Å². The van der Waals surface area contributed by atoms with Crippen LogP contribution >= 0.6 is 0 Å². The van der Waals surface area contributed by atoms with E-state index in [0.29, 0.717) is 12.0 Å². The molecule has 27 heavy (non-hydrogen) atoms. The molecule has 1 amide bonds. The maximum atomic E-state index is 12.6. The summed E-state index contributed by atoms with van der Waals surface area (Å²) in [6, 6.07) is 13.4. The van der Waals surface area contributed by atoms with Gasteiger partial charge in [-0.3, -0.25) is 4.79 Å². The minimum atomic E-state index is -4.39. The van der Waals surface area contributed by atoms with Gasteiger partial charge in [0, 0.05) is 13.0 Å². The molecule has 1 heterocycles. The average Bonchev–Trinajstić information content (AvgIpc) is 3.19. The Labute approximate surface area is 153 Å². The second-order valence-corrected chi connectivity index (χ2v) is 5.91. The zero-order valence-corrected chi connectivity index (χ0v) is 14.1. The van der Waals surface area contributed by atoms with Gasteiger partial charge in [-0.15, -0.1) is 5.10 Å². The fraction of sp³-hybridized carbons (Fsp3) is 0.222. The van der Waals surface area contributed by atoms with E-state index in [-0.39, 0.29) is 12.5 Å². The van der Waals surface area contributed by atoms with Crippen LogP contribution in [0.5, 0.6) is 0 Å². The number of halogens is 3. The Hall–Kier alpha value is -3.23. The maximum absolute atomic E-state index is 12.6. The van der Waals surface area contributed by atoms with Gasteiger partial charge < -0.3 is 5.32 Å². The van der Waals surface area contributed by atoms with Crippen LogP contribution in [0.4, 0.5) is 13.2 Å². The highest BCUT2D eigenvalue weighted by Crippen LogP contribution is 2.29. The molecule has 0 saturated heterocycles. The van der Waals surface area contributed by atoms with E-state index in [1.165, 1.54) is 23.1 Å². The predicted octanol–water partition coefficient (Wildman–Crippen LogP) is 2.79. The van der Waals surface area contributed by atoms with Crippen LogP contribution in [0.15, 0.2) is 60.9 Å². The van der Waals surface area contributed by atoms with E-state index in [2.05, 4.69) is 20.8 Å². The number of nitrogens with one attached hydrogen (secondary N) is 1. The molecule has 1 atom stereocenters. The molecular formula is C18H16F3N5O. The van der Waals surface area contributed by atoms with E-state index in [1.807, 2.05) is 30.3 Å². The van der Waals surface area contributed by atoms with E-state index in [0.717, 1.165) is 17.7 Å². The van der Waals surface area contributed by atoms with Crippen molar-refractivity contribution in [3.05, 3.63) is 77.6 Å². The van der Waals surface area contributed by atoms with Crippen molar-refractivity contribution in [2.24, 2.45) is 0 Å². The molecule has 0 aliphatic rings. The van der Waals surface area contributed by atoms with E-state index in [4.69, 9.17) is 0 Å². The average molecular weight is 375 g/mol. The molecule has 1 N–H and O–H groups in total. The molecule has 0 bridgehead atoms. The molecule has 0 saturated carbocycles. The normalized spacial score (nSPS) is 12.6. The van der Waals surface area contributed by atoms with Gasteiger partial charge in [0.15, 0.2) is 0 Å². The molecule has 0 fully saturated rings. The first kappa shape index (κ1) is 18.6. The van der Waals surface area contributed by atoms with Crippen molar-refractivity contribution in [3.63, 3.8) is 0 Å². The summed E-state index contributed by atoms with van der Waals surface area (Å²) < 4.78 is 39.2. The largest absolute Gasteiger partial charge is 0.416 e. The van der Waals surface area contributed by atoms with Crippen LogP contribution in [-0.4, -0.2) is 26.1 Å². The summed E-state index contributed by atoms with van der Waals surface area (Å²) in [6.07, 6.45) is -2.65. The van der Waals surface area contributed by atoms with E-state index < -0.39 is 17.8 Å². The Kier molecular flexibility index (Phi) is 5.49. The number of carbonyl (C=O) groups excluding carboxylic acids is 1. The van der Waals surface area contributed by atoms with Crippen LogP contribution in [-0.2, 0) is 23.9 Å². The van der Waals surface area contributed by atoms with E-state index >= 15 is 0 Å². The van der Waals surface area contributed by atoms with E-state index in [9.17, 15) is 18.0 Å². The molecule has 0 aliphatic carbocycles. The summed E-state index contributed by atoms with van der Waals surface area (Å²) >= 11 is 0. The lowest BCUT2D eigenvalue weighted by atomic mass is 10.1.